The summed E-state index contributed by atoms with van der Waals surface area (Å²) >= 11 is 0. The molecular formula is C14H18N2O2. The van der Waals surface area contributed by atoms with E-state index in [1.54, 1.807) is 24.3 Å². The van der Waals surface area contributed by atoms with Gasteiger partial charge in [0.1, 0.15) is 5.75 Å². The molecule has 0 fully saturated rings. The summed E-state index contributed by atoms with van der Waals surface area (Å²) in [7, 11) is 0. The highest BCUT2D eigenvalue weighted by atomic mass is 16.3. The number of nitrogens with two attached hydrogens (primary N) is 1. The SMILES string of the molecule is C#CCCCNC(=O)[C@H](N)Cc1ccc(O)cc1. The van der Waals surface area contributed by atoms with Gasteiger partial charge in [0.15, 0.2) is 0 Å². The van der Waals surface area contributed by atoms with Crippen LogP contribution in [0.2, 0.25) is 0 Å². The minimum atomic E-state index is -0.583. The molecule has 0 unspecified atom stereocenters. The number of terminal acetylenes is 1. The Hall–Kier alpha value is -1.99. The molecule has 1 rings (SSSR count). The zero-order valence-electron chi connectivity index (χ0n) is 10.2. The first kappa shape index (κ1) is 14.1. The van der Waals surface area contributed by atoms with Gasteiger partial charge in [0.25, 0.3) is 0 Å². The summed E-state index contributed by atoms with van der Waals surface area (Å²) in [6, 6.07) is 6.07. The number of carbonyl (C=O) groups excluding carboxylic acids is 1. The van der Waals surface area contributed by atoms with Crippen molar-refractivity contribution in [2.75, 3.05) is 6.54 Å². The fourth-order valence-electron chi connectivity index (χ4n) is 1.51. The lowest BCUT2D eigenvalue weighted by molar-refractivity contribution is -0.122. The molecule has 1 aromatic carbocycles. The minimum Gasteiger partial charge on any atom is -0.508 e. The van der Waals surface area contributed by atoms with Crippen LogP contribution in [-0.2, 0) is 11.2 Å². The van der Waals surface area contributed by atoms with Crippen LogP contribution in [0.1, 0.15) is 18.4 Å². The van der Waals surface area contributed by atoms with Gasteiger partial charge in [0.05, 0.1) is 6.04 Å². The number of rotatable bonds is 6. The van der Waals surface area contributed by atoms with Crippen LogP contribution in [0.5, 0.6) is 5.75 Å². The van der Waals surface area contributed by atoms with Gasteiger partial charge in [-0.2, -0.15) is 0 Å². The molecule has 4 heteroatoms. The molecule has 4 nitrogen and oxygen atoms in total. The van der Waals surface area contributed by atoms with Crippen LogP contribution in [0.25, 0.3) is 0 Å². The number of hydrogen-bond donors (Lipinski definition) is 3. The van der Waals surface area contributed by atoms with Crippen LogP contribution in [0, 0.1) is 12.3 Å². The van der Waals surface area contributed by atoms with Gasteiger partial charge in [-0.05, 0) is 30.5 Å². The summed E-state index contributed by atoms with van der Waals surface area (Å²) in [5.74, 6) is 2.53. The molecule has 0 saturated heterocycles. The van der Waals surface area contributed by atoms with Crippen LogP contribution in [0.3, 0.4) is 0 Å². The van der Waals surface area contributed by atoms with E-state index in [0.717, 1.165) is 12.0 Å². The van der Waals surface area contributed by atoms with Gasteiger partial charge in [0.2, 0.25) is 5.91 Å². The third kappa shape index (κ3) is 4.89. The maximum Gasteiger partial charge on any atom is 0.237 e. The van der Waals surface area contributed by atoms with Crippen molar-refractivity contribution in [2.24, 2.45) is 5.73 Å². The first-order chi connectivity index (χ1) is 8.63. The van der Waals surface area contributed by atoms with Gasteiger partial charge in [0, 0.05) is 13.0 Å². The molecule has 1 amide bonds. The molecule has 0 radical (unpaired) electrons. The van der Waals surface area contributed by atoms with E-state index in [4.69, 9.17) is 17.3 Å². The second-order valence-corrected chi connectivity index (χ2v) is 4.08. The fraction of sp³-hybridized carbons (Fsp3) is 0.357. The van der Waals surface area contributed by atoms with Crippen LogP contribution < -0.4 is 11.1 Å². The summed E-state index contributed by atoms with van der Waals surface area (Å²) in [6.07, 6.45) is 6.96. The smallest absolute Gasteiger partial charge is 0.237 e. The Morgan fingerprint density at radius 1 is 1.44 bits per heavy atom. The quantitative estimate of drug-likeness (QED) is 0.513. The van der Waals surface area contributed by atoms with E-state index in [2.05, 4.69) is 11.2 Å². The van der Waals surface area contributed by atoms with E-state index in [1.807, 2.05) is 0 Å². The number of phenolic OH excluding ortho intramolecular Hbond substituents is 1. The van der Waals surface area contributed by atoms with Gasteiger partial charge >= 0.3 is 0 Å². The van der Waals surface area contributed by atoms with Gasteiger partial charge in [-0.25, -0.2) is 0 Å². The second-order valence-electron chi connectivity index (χ2n) is 4.08. The highest BCUT2D eigenvalue weighted by Crippen LogP contribution is 2.10. The summed E-state index contributed by atoms with van der Waals surface area (Å²) in [5.41, 5.74) is 6.70. The average molecular weight is 246 g/mol. The number of carbonyl (C=O) groups is 1. The summed E-state index contributed by atoms with van der Waals surface area (Å²) < 4.78 is 0. The van der Waals surface area contributed by atoms with Crippen LogP contribution in [-0.4, -0.2) is 23.6 Å². The monoisotopic (exact) mass is 246 g/mol. The maximum absolute atomic E-state index is 11.6. The van der Waals surface area contributed by atoms with E-state index in [9.17, 15) is 4.79 Å². The number of unbranched alkanes of at least 4 members (excludes halogenated alkanes) is 1. The zero-order valence-corrected chi connectivity index (χ0v) is 10.2. The molecule has 0 aromatic heterocycles. The third-order valence-electron chi connectivity index (χ3n) is 2.53. The molecule has 1 atom stereocenters. The Balaban J connectivity index is 2.35. The maximum atomic E-state index is 11.6. The van der Waals surface area contributed by atoms with E-state index < -0.39 is 6.04 Å². The summed E-state index contributed by atoms with van der Waals surface area (Å²) in [5, 5.41) is 11.9. The average Bonchev–Trinajstić information content (AvgIpc) is 2.37. The Labute approximate surface area is 107 Å². The Bertz CT molecular complexity index is 420. The first-order valence-corrected chi connectivity index (χ1v) is 5.88. The summed E-state index contributed by atoms with van der Waals surface area (Å²) in [4.78, 5) is 11.6. The molecule has 4 N–H and O–H groups in total. The molecule has 1 aromatic rings. The third-order valence-corrected chi connectivity index (χ3v) is 2.53. The van der Waals surface area contributed by atoms with Crippen molar-refractivity contribution >= 4 is 5.91 Å². The van der Waals surface area contributed by atoms with E-state index in [0.29, 0.717) is 19.4 Å². The van der Waals surface area contributed by atoms with Crippen molar-refractivity contribution in [3.63, 3.8) is 0 Å². The second kappa shape index (κ2) is 7.36. The van der Waals surface area contributed by atoms with Crippen molar-refractivity contribution in [1.29, 1.82) is 0 Å². The molecule has 18 heavy (non-hydrogen) atoms. The van der Waals surface area contributed by atoms with Crippen molar-refractivity contribution in [3.05, 3.63) is 29.8 Å². The largest absolute Gasteiger partial charge is 0.508 e. The Morgan fingerprint density at radius 2 is 2.11 bits per heavy atom. The number of aromatic hydroxyl groups is 1. The topological polar surface area (TPSA) is 75.4 Å². The molecule has 0 saturated carbocycles. The predicted octanol–water partition coefficient (Wildman–Crippen LogP) is 0.792. The lowest BCUT2D eigenvalue weighted by Crippen LogP contribution is -2.42. The standard InChI is InChI=1S/C14H18N2O2/c1-2-3-4-9-16-14(18)13(15)10-11-5-7-12(17)8-6-11/h1,5-8,13,17H,3-4,9-10,15H2,(H,16,18)/t13-/m1/s1. The van der Waals surface area contributed by atoms with Crippen molar-refractivity contribution in [2.45, 2.75) is 25.3 Å². The summed E-state index contributed by atoms with van der Waals surface area (Å²) in [6.45, 7) is 0.548. The fourth-order valence-corrected chi connectivity index (χ4v) is 1.51. The van der Waals surface area contributed by atoms with Crippen molar-refractivity contribution in [1.82, 2.24) is 5.32 Å². The number of amides is 1. The molecule has 0 spiro atoms. The molecule has 96 valence electrons. The molecule has 0 bridgehead atoms. The van der Waals surface area contributed by atoms with Gasteiger partial charge in [-0.1, -0.05) is 12.1 Å². The van der Waals surface area contributed by atoms with Crippen LogP contribution in [0.4, 0.5) is 0 Å². The van der Waals surface area contributed by atoms with E-state index in [1.165, 1.54) is 0 Å². The number of phenols is 1. The van der Waals surface area contributed by atoms with Gasteiger partial charge in [-0.15, -0.1) is 12.3 Å². The number of benzene rings is 1. The minimum absolute atomic E-state index is 0.180. The lowest BCUT2D eigenvalue weighted by Gasteiger charge is -2.12. The molecular weight excluding hydrogens is 228 g/mol. The molecule has 0 aliphatic carbocycles. The molecule has 0 heterocycles. The highest BCUT2D eigenvalue weighted by molar-refractivity contribution is 5.81. The van der Waals surface area contributed by atoms with Gasteiger partial charge < -0.3 is 16.2 Å². The highest BCUT2D eigenvalue weighted by Gasteiger charge is 2.13. The lowest BCUT2D eigenvalue weighted by atomic mass is 10.1. The predicted molar refractivity (Wildman–Crippen MR) is 70.9 cm³/mol. The molecule has 0 aliphatic heterocycles. The van der Waals surface area contributed by atoms with Crippen LogP contribution in [0.15, 0.2) is 24.3 Å². The van der Waals surface area contributed by atoms with Crippen LogP contribution >= 0.6 is 0 Å². The van der Waals surface area contributed by atoms with Gasteiger partial charge in [-0.3, -0.25) is 4.79 Å². The Kier molecular flexibility index (Phi) is 5.75. The Morgan fingerprint density at radius 3 is 2.72 bits per heavy atom. The normalized spacial score (nSPS) is 11.6. The number of nitrogens with one attached hydrogen (secondary N) is 1. The van der Waals surface area contributed by atoms with E-state index in [-0.39, 0.29) is 11.7 Å². The first-order valence-electron chi connectivity index (χ1n) is 5.88. The number of hydrogen-bond acceptors (Lipinski definition) is 3. The zero-order chi connectivity index (χ0) is 13.4. The van der Waals surface area contributed by atoms with Crippen molar-refractivity contribution in [3.8, 4) is 18.1 Å². The van der Waals surface area contributed by atoms with E-state index >= 15 is 0 Å². The van der Waals surface area contributed by atoms with Crippen molar-refractivity contribution < 1.29 is 9.90 Å². The molecule has 0 aliphatic rings.